The first-order valence-electron chi connectivity index (χ1n) is 5.79. The fourth-order valence-corrected chi connectivity index (χ4v) is 1.65. The molecule has 5 nitrogen and oxygen atoms in total. The molecule has 1 amide bonds. The van der Waals surface area contributed by atoms with Gasteiger partial charge in [-0.05, 0) is 19.3 Å². The summed E-state index contributed by atoms with van der Waals surface area (Å²) < 4.78 is 0. The Hall–Kier alpha value is -1.10. The molecule has 0 heterocycles. The van der Waals surface area contributed by atoms with Gasteiger partial charge in [-0.25, -0.2) is 4.79 Å². The molecule has 0 saturated heterocycles. The highest BCUT2D eigenvalue weighted by molar-refractivity contribution is 5.89. The molecule has 4 N–H and O–H groups in total. The molecule has 0 aromatic carbocycles. The molecule has 92 valence electrons. The normalized spacial score (nSPS) is 18.9. The molecule has 0 spiro atoms. The predicted molar refractivity (Wildman–Crippen MR) is 59.8 cm³/mol. The van der Waals surface area contributed by atoms with Crippen molar-refractivity contribution in [1.82, 2.24) is 5.32 Å². The summed E-state index contributed by atoms with van der Waals surface area (Å²) in [7, 11) is 0. The van der Waals surface area contributed by atoms with Gasteiger partial charge in [-0.1, -0.05) is 19.8 Å². The van der Waals surface area contributed by atoms with Crippen LogP contribution in [-0.4, -0.2) is 29.6 Å². The zero-order valence-corrected chi connectivity index (χ0v) is 9.66. The number of carboxylic acid groups (broad SMARTS) is 1. The van der Waals surface area contributed by atoms with Crippen molar-refractivity contribution in [3.8, 4) is 0 Å². The highest BCUT2D eigenvalue weighted by atomic mass is 16.4. The average molecular weight is 228 g/mol. The van der Waals surface area contributed by atoms with E-state index in [9.17, 15) is 9.59 Å². The lowest BCUT2D eigenvalue weighted by Crippen LogP contribution is -2.46. The van der Waals surface area contributed by atoms with Crippen LogP contribution in [-0.2, 0) is 9.59 Å². The van der Waals surface area contributed by atoms with Gasteiger partial charge in [0, 0.05) is 6.54 Å². The summed E-state index contributed by atoms with van der Waals surface area (Å²) >= 11 is 0. The van der Waals surface area contributed by atoms with Crippen LogP contribution in [0, 0.1) is 5.41 Å². The maximum absolute atomic E-state index is 11.8. The number of rotatable bonds is 7. The molecule has 0 radical (unpaired) electrons. The predicted octanol–water partition coefficient (Wildman–Crippen LogP) is 0.485. The van der Waals surface area contributed by atoms with Crippen molar-refractivity contribution in [2.24, 2.45) is 11.1 Å². The van der Waals surface area contributed by atoms with Crippen LogP contribution < -0.4 is 11.1 Å². The quantitative estimate of drug-likeness (QED) is 0.591. The van der Waals surface area contributed by atoms with E-state index in [1.54, 1.807) is 0 Å². The summed E-state index contributed by atoms with van der Waals surface area (Å²) in [6.07, 6.45) is 3.75. The Kier molecular flexibility index (Phi) is 4.29. The Bertz CT molecular complexity index is 274. The summed E-state index contributed by atoms with van der Waals surface area (Å²) in [5, 5.41) is 11.5. The number of amides is 1. The Morgan fingerprint density at radius 3 is 2.50 bits per heavy atom. The van der Waals surface area contributed by atoms with Crippen LogP contribution in [0.3, 0.4) is 0 Å². The highest BCUT2D eigenvalue weighted by Gasteiger charge is 2.49. The third-order valence-electron chi connectivity index (χ3n) is 3.18. The smallest absolute Gasteiger partial charge is 0.326 e. The Morgan fingerprint density at radius 1 is 1.50 bits per heavy atom. The topological polar surface area (TPSA) is 92.4 Å². The van der Waals surface area contributed by atoms with Crippen LogP contribution >= 0.6 is 0 Å². The van der Waals surface area contributed by atoms with Gasteiger partial charge in [0.15, 0.2) is 0 Å². The van der Waals surface area contributed by atoms with Gasteiger partial charge in [0.2, 0.25) is 5.91 Å². The molecule has 0 aromatic heterocycles. The minimum absolute atomic E-state index is 0.196. The number of hydrogen-bond acceptors (Lipinski definition) is 3. The fourth-order valence-electron chi connectivity index (χ4n) is 1.65. The van der Waals surface area contributed by atoms with E-state index in [0.29, 0.717) is 13.0 Å². The van der Waals surface area contributed by atoms with Crippen molar-refractivity contribution < 1.29 is 14.7 Å². The van der Waals surface area contributed by atoms with Crippen molar-refractivity contribution in [2.45, 2.75) is 45.1 Å². The van der Waals surface area contributed by atoms with E-state index in [4.69, 9.17) is 10.8 Å². The number of carbonyl (C=O) groups excluding carboxylic acids is 1. The molecule has 16 heavy (non-hydrogen) atoms. The zero-order chi connectivity index (χ0) is 12.2. The second-order valence-corrected chi connectivity index (χ2v) is 4.49. The van der Waals surface area contributed by atoms with Crippen molar-refractivity contribution in [2.75, 3.05) is 6.54 Å². The van der Waals surface area contributed by atoms with E-state index in [2.05, 4.69) is 5.32 Å². The molecule has 1 atom stereocenters. The lowest BCUT2D eigenvalue weighted by atomic mass is 10.0. The SMILES string of the molecule is CCCCC(NC(=O)C1(CN)CC1)C(=O)O. The average Bonchev–Trinajstić information content (AvgIpc) is 3.04. The summed E-state index contributed by atoms with van der Waals surface area (Å²) in [5.74, 6) is -1.16. The van der Waals surface area contributed by atoms with Crippen molar-refractivity contribution in [1.29, 1.82) is 0 Å². The van der Waals surface area contributed by atoms with Gasteiger partial charge >= 0.3 is 5.97 Å². The number of hydrogen-bond donors (Lipinski definition) is 3. The summed E-state index contributed by atoms with van der Waals surface area (Å²) in [6.45, 7) is 2.29. The number of carbonyl (C=O) groups is 2. The number of nitrogens with one attached hydrogen (secondary N) is 1. The van der Waals surface area contributed by atoms with E-state index in [0.717, 1.165) is 25.7 Å². The molecular weight excluding hydrogens is 208 g/mol. The van der Waals surface area contributed by atoms with Gasteiger partial charge in [-0.3, -0.25) is 4.79 Å². The number of aliphatic carboxylic acids is 1. The van der Waals surface area contributed by atoms with Crippen LogP contribution in [0.4, 0.5) is 0 Å². The third kappa shape index (κ3) is 2.95. The van der Waals surface area contributed by atoms with Gasteiger partial charge in [0.25, 0.3) is 0 Å². The first-order valence-corrected chi connectivity index (χ1v) is 5.79. The minimum atomic E-state index is -0.963. The Balaban J connectivity index is 2.48. The van der Waals surface area contributed by atoms with E-state index >= 15 is 0 Å². The van der Waals surface area contributed by atoms with E-state index in [1.165, 1.54) is 0 Å². The largest absolute Gasteiger partial charge is 0.480 e. The summed E-state index contributed by atoms with van der Waals surface area (Å²) in [6, 6.07) is -0.767. The first kappa shape index (κ1) is 13.0. The van der Waals surface area contributed by atoms with Crippen molar-refractivity contribution >= 4 is 11.9 Å². The number of nitrogens with two attached hydrogens (primary N) is 1. The molecule has 1 saturated carbocycles. The van der Waals surface area contributed by atoms with E-state index in [-0.39, 0.29) is 5.91 Å². The van der Waals surface area contributed by atoms with E-state index in [1.807, 2.05) is 6.92 Å². The van der Waals surface area contributed by atoms with Crippen molar-refractivity contribution in [3.05, 3.63) is 0 Å². The molecular formula is C11H20N2O3. The number of carboxylic acids is 1. The second kappa shape index (κ2) is 5.30. The van der Waals surface area contributed by atoms with Gasteiger partial charge in [-0.2, -0.15) is 0 Å². The van der Waals surface area contributed by atoms with Crippen LogP contribution in [0.15, 0.2) is 0 Å². The molecule has 0 aromatic rings. The van der Waals surface area contributed by atoms with Crippen LogP contribution in [0.2, 0.25) is 0 Å². The summed E-state index contributed by atoms with van der Waals surface area (Å²) in [4.78, 5) is 22.7. The standard InChI is InChI=1S/C11H20N2O3/c1-2-3-4-8(9(14)15)13-10(16)11(7-12)5-6-11/h8H,2-7,12H2,1H3,(H,13,16)(H,14,15). The molecule has 1 aliphatic carbocycles. The lowest BCUT2D eigenvalue weighted by molar-refractivity contribution is -0.142. The summed E-state index contributed by atoms with van der Waals surface area (Å²) in [5.41, 5.74) is 5.04. The lowest BCUT2D eigenvalue weighted by Gasteiger charge is -2.18. The number of unbranched alkanes of at least 4 members (excludes halogenated alkanes) is 1. The molecule has 0 aliphatic heterocycles. The van der Waals surface area contributed by atoms with Crippen molar-refractivity contribution in [3.63, 3.8) is 0 Å². The molecule has 1 rings (SSSR count). The monoisotopic (exact) mass is 228 g/mol. The van der Waals surface area contributed by atoms with Gasteiger partial charge in [0.1, 0.15) is 6.04 Å². The van der Waals surface area contributed by atoms with E-state index < -0.39 is 17.4 Å². The van der Waals surface area contributed by atoms with Crippen LogP contribution in [0.5, 0.6) is 0 Å². The third-order valence-corrected chi connectivity index (χ3v) is 3.18. The highest BCUT2D eigenvalue weighted by Crippen LogP contribution is 2.44. The fraction of sp³-hybridized carbons (Fsp3) is 0.818. The zero-order valence-electron chi connectivity index (χ0n) is 9.66. The molecule has 1 aliphatic rings. The maximum Gasteiger partial charge on any atom is 0.326 e. The Morgan fingerprint density at radius 2 is 2.12 bits per heavy atom. The maximum atomic E-state index is 11.8. The van der Waals surface area contributed by atoms with Crippen LogP contribution in [0.25, 0.3) is 0 Å². The molecule has 0 bridgehead atoms. The second-order valence-electron chi connectivity index (χ2n) is 4.49. The van der Waals surface area contributed by atoms with Gasteiger partial charge in [0.05, 0.1) is 5.41 Å². The molecule has 1 unspecified atom stereocenters. The molecule has 1 fully saturated rings. The minimum Gasteiger partial charge on any atom is -0.480 e. The first-order chi connectivity index (χ1) is 7.55. The molecule has 5 heteroatoms. The van der Waals surface area contributed by atoms with Gasteiger partial charge in [-0.15, -0.1) is 0 Å². The van der Waals surface area contributed by atoms with Crippen LogP contribution in [0.1, 0.15) is 39.0 Å². The Labute approximate surface area is 95.4 Å². The van der Waals surface area contributed by atoms with Gasteiger partial charge < -0.3 is 16.2 Å².